The average Bonchev–Trinajstić information content (AvgIpc) is 3.19. The second-order valence-electron chi connectivity index (χ2n) is 6.16. The van der Waals surface area contributed by atoms with Gasteiger partial charge in [-0.2, -0.15) is 15.1 Å². The molecule has 0 aliphatic heterocycles. The number of nitrogen functional groups attached to an aromatic ring is 1. The molecule has 1 amide bonds. The van der Waals surface area contributed by atoms with Crippen LogP contribution >= 0.6 is 0 Å². The van der Waals surface area contributed by atoms with Gasteiger partial charge in [0.25, 0.3) is 0 Å². The molecule has 0 saturated heterocycles. The number of aryl methyl sites for hydroxylation is 2. The van der Waals surface area contributed by atoms with Gasteiger partial charge in [-0.25, -0.2) is 9.67 Å². The minimum atomic E-state index is -0.189. The summed E-state index contributed by atoms with van der Waals surface area (Å²) in [5.74, 6) is 1.32. The van der Waals surface area contributed by atoms with E-state index in [0.717, 1.165) is 18.8 Å². The normalized spacial score (nSPS) is 11.1. The van der Waals surface area contributed by atoms with Gasteiger partial charge in [-0.15, -0.1) is 0 Å². The SMILES string of the molecule is CCN(CC)c1nc(N)nc2c1ncn2CC(=O)Nc1cc(C)nn1CC. The Kier molecular flexibility index (Phi) is 5.24. The molecule has 144 valence electrons. The zero-order chi connectivity index (χ0) is 19.6. The number of hydrogen-bond donors (Lipinski definition) is 2. The monoisotopic (exact) mass is 371 g/mol. The molecule has 3 N–H and O–H groups in total. The molecule has 0 saturated carbocycles. The molecule has 0 aromatic carbocycles. The molecule has 0 aliphatic carbocycles. The van der Waals surface area contributed by atoms with Gasteiger partial charge in [-0.3, -0.25) is 4.79 Å². The van der Waals surface area contributed by atoms with E-state index in [2.05, 4.69) is 30.3 Å². The number of rotatable bonds is 7. The Morgan fingerprint density at radius 3 is 2.67 bits per heavy atom. The van der Waals surface area contributed by atoms with E-state index in [4.69, 9.17) is 5.73 Å². The summed E-state index contributed by atoms with van der Waals surface area (Å²) >= 11 is 0. The number of nitrogens with one attached hydrogen (secondary N) is 1. The molecule has 0 bridgehead atoms. The number of nitrogens with zero attached hydrogens (tertiary/aromatic N) is 7. The molecule has 0 aliphatic rings. The molecule has 0 atom stereocenters. The summed E-state index contributed by atoms with van der Waals surface area (Å²) in [4.78, 5) is 27.6. The molecular weight excluding hydrogens is 346 g/mol. The number of aromatic nitrogens is 6. The summed E-state index contributed by atoms with van der Waals surface area (Å²) in [7, 11) is 0. The topological polar surface area (TPSA) is 120 Å². The van der Waals surface area contributed by atoms with Crippen LogP contribution in [-0.2, 0) is 17.9 Å². The highest BCUT2D eigenvalue weighted by Gasteiger charge is 2.18. The first kappa shape index (κ1) is 18.6. The zero-order valence-corrected chi connectivity index (χ0v) is 16.1. The van der Waals surface area contributed by atoms with Crippen molar-refractivity contribution >= 4 is 34.7 Å². The van der Waals surface area contributed by atoms with Gasteiger partial charge in [0.2, 0.25) is 11.9 Å². The number of nitrogens with two attached hydrogens (primary N) is 1. The van der Waals surface area contributed by atoms with Crippen molar-refractivity contribution in [3.05, 3.63) is 18.1 Å². The van der Waals surface area contributed by atoms with Crippen LogP contribution in [0.1, 0.15) is 26.5 Å². The lowest BCUT2D eigenvalue weighted by atomic mass is 10.4. The lowest BCUT2D eigenvalue weighted by molar-refractivity contribution is -0.116. The van der Waals surface area contributed by atoms with E-state index >= 15 is 0 Å². The zero-order valence-electron chi connectivity index (χ0n) is 16.1. The smallest absolute Gasteiger partial charge is 0.245 e. The molecule has 3 heterocycles. The fraction of sp³-hybridized carbons (Fsp3) is 0.471. The quantitative estimate of drug-likeness (QED) is 0.644. The van der Waals surface area contributed by atoms with E-state index in [1.807, 2.05) is 33.8 Å². The summed E-state index contributed by atoms with van der Waals surface area (Å²) in [6.45, 7) is 10.2. The summed E-state index contributed by atoms with van der Waals surface area (Å²) in [6, 6.07) is 1.84. The highest BCUT2D eigenvalue weighted by atomic mass is 16.2. The molecule has 3 aromatic heterocycles. The fourth-order valence-electron chi connectivity index (χ4n) is 3.03. The largest absolute Gasteiger partial charge is 0.368 e. The molecule has 3 rings (SSSR count). The highest BCUT2D eigenvalue weighted by Crippen LogP contribution is 2.23. The second-order valence-corrected chi connectivity index (χ2v) is 6.16. The number of carbonyl (C=O) groups is 1. The highest BCUT2D eigenvalue weighted by molar-refractivity contribution is 5.91. The molecule has 3 aromatic rings. The van der Waals surface area contributed by atoms with E-state index in [1.165, 1.54) is 0 Å². The minimum Gasteiger partial charge on any atom is -0.368 e. The van der Waals surface area contributed by atoms with Gasteiger partial charge in [0, 0.05) is 25.7 Å². The van der Waals surface area contributed by atoms with Gasteiger partial charge in [-0.05, 0) is 27.7 Å². The van der Waals surface area contributed by atoms with Gasteiger partial charge in [0.15, 0.2) is 17.0 Å². The van der Waals surface area contributed by atoms with Crippen molar-refractivity contribution in [3.63, 3.8) is 0 Å². The Bertz CT molecular complexity index is 955. The van der Waals surface area contributed by atoms with Crippen molar-refractivity contribution < 1.29 is 4.79 Å². The Hall–Kier alpha value is -3.17. The molecule has 0 radical (unpaired) electrons. The average molecular weight is 371 g/mol. The van der Waals surface area contributed by atoms with E-state index in [-0.39, 0.29) is 18.4 Å². The van der Waals surface area contributed by atoms with Crippen LogP contribution in [0.25, 0.3) is 11.2 Å². The third kappa shape index (κ3) is 3.69. The molecule has 10 nitrogen and oxygen atoms in total. The van der Waals surface area contributed by atoms with Gasteiger partial charge < -0.3 is 20.5 Å². The summed E-state index contributed by atoms with van der Waals surface area (Å²) in [5.41, 5.74) is 7.92. The minimum absolute atomic E-state index is 0.0680. The first-order valence-corrected chi connectivity index (χ1v) is 9.04. The van der Waals surface area contributed by atoms with Crippen LogP contribution in [0.3, 0.4) is 0 Å². The predicted molar refractivity (Wildman–Crippen MR) is 105 cm³/mol. The number of hydrogen-bond acceptors (Lipinski definition) is 7. The van der Waals surface area contributed by atoms with Crippen molar-refractivity contribution in [1.29, 1.82) is 0 Å². The number of carbonyl (C=O) groups excluding carboxylic acids is 1. The van der Waals surface area contributed by atoms with Gasteiger partial charge in [0.1, 0.15) is 12.4 Å². The molecular formula is C17H25N9O. The van der Waals surface area contributed by atoms with Gasteiger partial charge in [-0.1, -0.05) is 0 Å². The first-order valence-electron chi connectivity index (χ1n) is 9.04. The fourth-order valence-corrected chi connectivity index (χ4v) is 3.03. The Morgan fingerprint density at radius 1 is 1.26 bits per heavy atom. The number of anilines is 3. The first-order chi connectivity index (χ1) is 13.0. The van der Waals surface area contributed by atoms with Crippen LogP contribution in [0.5, 0.6) is 0 Å². The number of imidazole rings is 1. The van der Waals surface area contributed by atoms with Crippen LogP contribution in [0.2, 0.25) is 0 Å². The molecule has 10 heteroatoms. The predicted octanol–water partition coefficient (Wildman–Crippen LogP) is 1.42. The van der Waals surface area contributed by atoms with Gasteiger partial charge in [0.05, 0.1) is 12.0 Å². The Morgan fingerprint density at radius 2 is 2.00 bits per heavy atom. The molecule has 0 unspecified atom stereocenters. The lowest BCUT2D eigenvalue weighted by Gasteiger charge is -2.20. The maximum absolute atomic E-state index is 12.5. The number of amides is 1. The van der Waals surface area contributed by atoms with E-state index in [0.29, 0.717) is 29.3 Å². The summed E-state index contributed by atoms with van der Waals surface area (Å²) in [6.07, 6.45) is 1.59. The summed E-state index contributed by atoms with van der Waals surface area (Å²) < 4.78 is 3.42. The maximum Gasteiger partial charge on any atom is 0.245 e. The molecule has 0 spiro atoms. The van der Waals surface area contributed by atoms with Crippen molar-refractivity contribution in [1.82, 2.24) is 29.3 Å². The van der Waals surface area contributed by atoms with Crippen LogP contribution in [-0.4, -0.2) is 48.3 Å². The van der Waals surface area contributed by atoms with Crippen molar-refractivity contribution in [3.8, 4) is 0 Å². The van der Waals surface area contributed by atoms with Crippen LogP contribution < -0.4 is 16.0 Å². The van der Waals surface area contributed by atoms with Crippen LogP contribution in [0, 0.1) is 6.92 Å². The summed E-state index contributed by atoms with van der Waals surface area (Å²) in [5, 5.41) is 7.22. The van der Waals surface area contributed by atoms with E-state index in [1.54, 1.807) is 15.6 Å². The van der Waals surface area contributed by atoms with Gasteiger partial charge >= 0.3 is 0 Å². The maximum atomic E-state index is 12.5. The van der Waals surface area contributed by atoms with E-state index < -0.39 is 0 Å². The van der Waals surface area contributed by atoms with Crippen LogP contribution in [0.15, 0.2) is 12.4 Å². The molecule has 27 heavy (non-hydrogen) atoms. The Balaban J connectivity index is 1.88. The standard InChI is InChI=1S/C17H25N9O/c1-5-24(6-2)15-14-16(22-17(18)21-15)25(10-19-14)9-13(27)20-12-8-11(4)23-26(12)7-3/h8,10H,5-7,9H2,1-4H3,(H,20,27)(H2,18,21,22). The van der Waals surface area contributed by atoms with Crippen LogP contribution in [0.4, 0.5) is 17.6 Å². The second kappa shape index (κ2) is 7.60. The number of fused-ring (bicyclic) bond motifs is 1. The Labute approximate surface area is 157 Å². The van der Waals surface area contributed by atoms with Crippen molar-refractivity contribution in [2.24, 2.45) is 0 Å². The van der Waals surface area contributed by atoms with Crippen molar-refractivity contribution in [2.45, 2.75) is 40.8 Å². The molecule has 0 fully saturated rings. The third-order valence-electron chi connectivity index (χ3n) is 4.31. The van der Waals surface area contributed by atoms with Crippen molar-refractivity contribution in [2.75, 3.05) is 29.0 Å². The third-order valence-corrected chi connectivity index (χ3v) is 4.31. The van der Waals surface area contributed by atoms with E-state index in [9.17, 15) is 4.79 Å². The lowest BCUT2D eigenvalue weighted by Crippen LogP contribution is -2.24.